The largest absolute Gasteiger partial charge is 0.339 e. The molecule has 28 heavy (non-hydrogen) atoms. The average molecular weight is 379 g/mol. The van der Waals surface area contributed by atoms with Crippen LogP contribution >= 0.6 is 0 Å². The fraction of sp³-hybridized carbons (Fsp3) is 0.417. The molecule has 2 aromatic rings. The monoisotopic (exact) mass is 378 g/mol. The van der Waals surface area contributed by atoms with Gasteiger partial charge in [-0.2, -0.15) is 0 Å². The van der Waals surface area contributed by atoms with Gasteiger partial charge in [-0.3, -0.25) is 9.59 Å². The van der Waals surface area contributed by atoms with Crippen molar-refractivity contribution in [2.24, 2.45) is 5.92 Å². The fourth-order valence-corrected chi connectivity index (χ4v) is 3.44. The molecule has 3 rings (SSSR count). The molecular formula is C24H30N2O2. The summed E-state index contributed by atoms with van der Waals surface area (Å²) in [5.41, 5.74) is 3.11. The van der Waals surface area contributed by atoms with Crippen LogP contribution in [0.2, 0.25) is 0 Å². The van der Waals surface area contributed by atoms with Gasteiger partial charge in [0.2, 0.25) is 0 Å². The third kappa shape index (κ3) is 4.80. The van der Waals surface area contributed by atoms with E-state index in [1.807, 2.05) is 29.2 Å². The minimum Gasteiger partial charge on any atom is -0.339 e. The van der Waals surface area contributed by atoms with Crippen LogP contribution in [0.1, 0.15) is 66.8 Å². The van der Waals surface area contributed by atoms with Crippen molar-refractivity contribution in [2.75, 3.05) is 18.4 Å². The first-order chi connectivity index (χ1) is 13.2. The van der Waals surface area contributed by atoms with Crippen molar-refractivity contribution in [2.45, 2.75) is 46.0 Å². The van der Waals surface area contributed by atoms with Crippen LogP contribution in [0.25, 0.3) is 0 Å². The molecule has 148 valence electrons. The van der Waals surface area contributed by atoms with Crippen LogP contribution in [0.4, 0.5) is 5.69 Å². The van der Waals surface area contributed by atoms with Crippen molar-refractivity contribution in [1.82, 2.24) is 4.90 Å². The first-order valence-corrected chi connectivity index (χ1v) is 10.1. The molecule has 0 aliphatic carbocycles. The fourth-order valence-electron chi connectivity index (χ4n) is 3.44. The molecule has 1 saturated heterocycles. The number of hydrogen-bond donors (Lipinski definition) is 1. The quantitative estimate of drug-likeness (QED) is 0.807. The third-order valence-electron chi connectivity index (χ3n) is 5.45. The Morgan fingerprint density at radius 2 is 1.57 bits per heavy atom. The molecule has 0 radical (unpaired) electrons. The molecule has 1 heterocycles. The summed E-state index contributed by atoms with van der Waals surface area (Å²) >= 11 is 0. The van der Waals surface area contributed by atoms with E-state index in [2.05, 4.69) is 33.0 Å². The van der Waals surface area contributed by atoms with E-state index in [9.17, 15) is 9.59 Å². The summed E-state index contributed by atoms with van der Waals surface area (Å²) in [6.45, 7) is 10.3. The summed E-state index contributed by atoms with van der Waals surface area (Å²) in [5.74, 6) is 0.479. The van der Waals surface area contributed by atoms with Gasteiger partial charge >= 0.3 is 0 Å². The Labute approximate surface area is 167 Å². The summed E-state index contributed by atoms with van der Waals surface area (Å²) in [4.78, 5) is 27.3. The van der Waals surface area contributed by atoms with Crippen LogP contribution in [0.5, 0.6) is 0 Å². The molecule has 4 heteroatoms. The molecule has 1 N–H and O–H groups in total. The summed E-state index contributed by atoms with van der Waals surface area (Å²) in [5, 5.41) is 2.92. The first kappa shape index (κ1) is 20.1. The highest BCUT2D eigenvalue weighted by atomic mass is 16.2. The molecule has 0 bridgehead atoms. The number of carbonyl (C=O) groups is 2. The number of piperidine rings is 1. The number of amides is 2. The second-order valence-electron chi connectivity index (χ2n) is 8.84. The molecule has 0 atom stereocenters. The van der Waals surface area contributed by atoms with E-state index < -0.39 is 0 Å². The highest BCUT2D eigenvalue weighted by Gasteiger charge is 2.22. The number of hydrogen-bond acceptors (Lipinski definition) is 2. The SMILES string of the molecule is CC1CCN(C(=O)c2cccc(C(=O)Nc3ccc(C(C)(C)C)cc3)c2)CC1. The minimum absolute atomic E-state index is 0.0103. The maximum atomic E-state index is 12.8. The number of benzene rings is 2. The third-order valence-corrected chi connectivity index (χ3v) is 5.45. The highest BCUT2D eigenvalue weighted by molar-refractivity contribution is 6.06. The Morgan fingerprint density at radius 1 is 0.964 bits per heavy atom. The zero-order valence-corrected chi connectivity index (χ0v) is 17.3. The zero-order chi connectivity index (χ0) is 20.3. The van der Waals surface area contributed by atoms with E-state index in [1.165, 1.54) is 5.56 Å². The lowest BCUT2D eigenvalue weighted by molar-refractivity contribution is 0.0697. The van der Waals surface area contributed by atoms with Crippen LogP contribution in [-0.2, 0) is 5.41 Å². The van der Waals surface area contributed by atoms with Crippen LogP contribution in [-0.4, -0.2) is 29.8 Å². The van der Waals surface area contributed by atoms with Crippen molar-refractivity contribution in [3.8, 4) is 0 Å². The van der Waals surface area contributed by atoms with Crippen LogP contribution in [0, 0.1) is 5.92 Å². The van der Waals surface area contributed by atoms with Gasteiger partial charge in [0.25, 0.3) is 11.8 Å². The molecule has 2 amide bonds. The predicted octanol–water partition coefficient (Wildman–Crippen LogP) is 5.11. The highest BCUT2D eigenvalue weighted by Crippen LogP contribution is 2.24. The van der Waals surface area contributed by atoms with E-state index in [1.54, 1.807) is 24.3 Å². The van der Waals surface area contributed by atoms with Gasteiger partial charge in [-0.1, -0.05) is 45.9 Å². The lowest BCUT2D eigenvalue weighted by Gasteiger charge is -2.30. The maximum Gasteiger partial charge on any atom is 0.255 e. The first-order valence-electron chi connectivity index (χ1n) is 10.1. The molecule has 0 aromatic heterocycles. The molecule has 0 spiro atoms. The van der Waals surface area contributed by atoms with E-state index in [0.29, 0.717) is 17.0 Å². The number of likely N-dealkylation sites (tertiary alicyclic amines) is 1. The summed E-state index contributed by atoms with van der Waals surface area (Å²) in [6, 6.07) is 14.9. The van der Waals surface area contributed by atoms with Crippen LogP contribution < -0.4 is 5.32 Å². The molecule has 2 aromatic carbocycles. The Balaban J connectivity index is 1.69. The van der Waals surface area contributed by atoms with Crippen LogP contribution in [0.3, 0.4) is 0 Å². The summed E-state index contributed by atoms with van der Waals surface area (Å²) in [6.07, 6.45) is 2.08. The zero-order valence-electron chi connectivity index (χ0n) is 17.3. The molecule has 4 nitrogen and oxygen atoms in total. The smallest absolute Gasteiger partial charge is 0.255 e. The van der Waals surface area contributed by atoms with Gasteiger partial charge in [0, 0.05) is 29.9 Å². The second-order valence-corrected chi connectivity index (χ2v) is 8.84. The standard InChI is InChI=1S/C24H30N2O2/c1-17-12-14-26(15-13-17)23(28)19-7-5-6-18(16-19)22(27)25-21-10-8-20(9-11-21)24(2,3)4/h5-11,16-17H,12-15H2,1-4H3,(H,25,27). The van der Waals surface area contributed by atoms with Gasteiger partial charge < -0.3 is 10.2 Å². The topological polar surface area (TPSA) is 49.4 Å². The molecule has 1 aliphatic heterocycles. The number of rotatable bonds is 3. The Hall–Kier alpha value is -2.62. The van der Waals surface area contributed by atoms with Crippen molar-refractivity contribution in [1.29, 1.82) is 0 Å². The molecule has 1 aliphatic rings. The summed E-state index contributed by atoms with van der Waals surface area (Å²) < 4.78 is 0. The van der Waals surface area contributed by atoms with E-state index >= 15 is 0 Å². The Morgan fingerprint density at radius 3 is 2.18 bits per heavy atom. The molecule has 1 fully saturated rings. The normalized spacial score (nSPS) is 15.4. The van der Waals surface area contributed by atoms with Crippen molar-refractivity contribution < 1.29 is 9.59 Å². The predicted molar refractivity (Wildman–Crippen MR) is 114 cm³/mol. The lowest BCUT2D eigenvalue weighted by atomic mass is 9.87. The van der Waals surface area contributed by atoms with Gasteiger partial charge in [0.15, 0.2) is 0 Å². The number of nitrogens with one attached hydrogen (secondary N) is 1. The van der Waals surface area contributed by atoms with Gasteiger partial charge in [0.05, 0.1) is 0 Å². The van der Waals surface area contributed by atoms with Crippen molar-refractivity contribution >= 4 is 17.5 Å². The van der Waals surface area contributed by atoms with E-state index in [4.69, 9.17) is 0 Å². The second kappa shape index (κ2) is 8.17. The maximum absolute atomic E-state index is 12.8. The lowest BCUT2D eigenvalue weighted by Crippen LogP contribution is -2.38. The van der Waals surface area contributed by atoms with E-state index in [0.717, 1.165) is 31.6 Å². The summed E-state index contributed by atoms with van der Waals surface area (Å²) in [7, 11) is 0. The van der Waals surface area contributed by atoms with E-state index in [-0.39, 0.29) is 17.2 Å². The Bertz CT molecular complexity index is 842. The van der Waals surface area contributed by atoms with Gasteiger partial charge in [-0.25, -0.2) is 0 Å². The minimum atomic E-state index is -0.203. The Kier molecular flexibility index (Phi) is 5.87. The number of carbonyl (C=O) groups excluding carboxylic acids is 2. The number of anilines is 1. The van der Waals surface area contributed by atoms with Gasteiger partial charge in [0.1, 0.15) is 0 Å². The van der Waals surface area contributed by atoms with Crippen molar-refractivity contribution in [3.63, 3.8) is 0 Å². The van der Waals surface area contributed by atoms with Gasteiger partial charge in [-0.05, 0) is 60.1 Å². The number of nitrogens with zero attached hydrogens (tertiary/aromatic N) is 1. The van der Waals surface area contributed by atoms with Gasteiger partial charge in [-0.15, -0.1) is 0 Å². The van der Waals surface area contributed by atoms with Crippen LogP contribution in [0.15, 0.2) is 48.5 Å². The molecular weight excluding hydrogens is 348 g/mol. The average Bonchev–Trinajstić information content (AvgIpc) is 2.68. The molecule has 0 unspecified atom stereocenters. The molecule has 0 saturated carbocycles. The van der Waals surface area contributed by atoms with Crippen molar-refractivity contribution in [3.05, 3.63) is 65.2 Å².